The second-order valence-corrected chi connectivity index (χ2v) is 4.97. The molecule has 1 rings (SSSR count). The molecular weight excluding hydrogens is 252 g/mol. The maximum atomic E-state index is 12.4. The van der Waals surface area contributed by atoms with Crippen molar-refractivity contribution in [1.29, 1.82) is 0 Å². The molecule has 0 fully saturated rings. The summed E-state index contributed by atoms with van der Waals surface area (Å²) in [6, 6.07) is 5.49. The van der Waals surface area contributed by atoms with Gasteiger partial charge in [0.2, 0.25) is 0 Å². The number of amides is 1. The maximum Gasteiger partial charge on any atom is 0.253 e. The molecule has 0 saturated heterocycles. The summed E-state index contributed by atoms with van der Waals surface area (Å²) < 4.78 is 0. The van der Waals surface area contributed by atoms with Crippen LogP contribution in [0.5, 0.6) is 0 Å². The topological polar surface area (TPSA) is 43.8 Å². The van der Waals surface area contributed by atoms with E-state index in [2.05, 4.69) is 11.8 Å². The summed E-state index contributed by atoms with van der Waals surface area (Å²) in [6.45, 7) is 3.21. The van der Waals surface area contributed by atoms with Crippen LogP contribution in [0.2, 0.25) is 0 Å². The number of aliphatic hydroxyl groups is 1. The third-order valence-corrected chi connectivity index (χ3v) is 3.10. The highest BCUT2D eigenvalue weighted by molar-refractivity contribution is 5.96. The molecule has 0 radical (unpaired) electrons. The van der Waals surface area contributed by atoms with Crippen molar-refractivity contribution in [2.24, 2.45) is 0 Å². The van der Waals surface area contributed by atoms with Crippen LogP contribution in [0.4, 0.5) is 0 Å². The van der Waals surface area contributed by atoms with E-state index >= 15 is 0 Å². The average molecular weight is 274 g/mol. The van der Waals surface area contributed by atoms with Gasteiger partial charge in [0.15, 0.2) is 0 Å². The number of carbonyl (C=O) groups is 1. The Balaban J connectivity index is 2.93. The van der Waals surface area contributed by atoms with E-state index in [0.717, 1.165) is 17.7 Å². The Labute approximate surface area is 121 Å². The van der Waals surface area contributed by atoms with Crippen molar-refractivity contribution in [2.45, 2.75) is 6.92 Å². The van der Waals surface area contributed by atoms with Gasteiger partial charge in [0.1, 0.15) is 6.61 Å². The van der Waals surface area contributed by atoms with E-state index in [1.54, 1.807) is 11.9 Å². The number of hydrogen-bond acceptors (Lipinski definition) is 3. The predicted molar refractivity (Wildman–Crippen MR) is 80.7 cm³/mol. The van der Waals surface area contributed by atoms with E-state index in [4.69, 9.17) is 5.11 Å². The Morgan fingerprint density at radius 3 is 2.55 bits per heavy atom. The Morgan fingerprint density at radius 2 is 1.95 bits per heavy atom. The van der Waals surface area contributed by atoms with Crippen LogP contribution in [-0.2, 0) is 0 Å². The summed E-state index contributed by atoms with van der Waals surface area (Å²) in [7, 11) is 5.76. The van der Waals surface area contributed by atoms with E-state index in [9.17, 15) is 4.79 Å². The molecule has 1 aromatic rings. The zero-order valence-corrected chi connectivity index (χ0v) is 12.6. The molecule has 1 N–H and O–H groups in total. The maximum absolute atomic E-state index is 12.4. The monoisotopic (exact) mass is 274 g/mol. The largest absolute Gasteiger partial charge is 0.384 e. The molecule has 1 aromatic carbocycles. The number of nitrogens with zero attached hydrogens (tertiary/aromatic N) is 2. The standard InChI is InChI=1S/C16H22N2O2/c1-13-14(8-6-12-19)7-5-9-15(13)16(20)18(4)11-10-17(2)3/h5,7,9,19H,10-12H2,1-4H3. The van der Waals surface area contributed by atoms with Crippen LogP contribution in [0.3, 0.4) is 0 Å². The van der Waals surface area contributed by atoms with E-state index in [1.807, 2.05) is 44.1 Å². The minimum atomic E-state index is -0.180. The lowest BCUT2D eigenvalue weighted by Gasteiger charge is -2.20. The van der Waals surface area contributed by atoms with Gasteiger partial charge in [-0.2, -0.15) is 0 Å². The van der Waals surface area contributed by atoms with Crippen molar-refractivity contribution >= 4 is 5.91 Å². The Kier molecular flexibility index (Phi) is 6.23. The molecule has 0 bridgehead atoms. The van der Waals surface area contributed by atoms with E-state index in [0.29, 0.717) is 12.1 Å². The first-order valence-corrected chi connectivity index (χ1v) is 6.57. The van der Waals surface area contributed by atoms with Gasteiger partial charge in [-0.3, -0.25) is 4.79 Å². The molecule has 0 aliphatic heterocycles. The molecule has 0 heterocycles. The number of likely N-dealkylation sites (N-methyl/N-ethyl adjacent to an activating group) is 2. The summed E-state index contributed by atoms with van der Waals surface area (Å²) in [5.74, 6) is 5.48. The minimum Gasteiger partial charge on any atom is -0.384 e. The van der Waals surface area contributed by atoms with Gasteiger partial charge in [-0.15, -0.1) is 0 Å². The Morgan fingerprint density at radius 1 is 1.25 bits per heavy atom. The Bertz CT molecular complexity index is 527. The SMILES string of the molecule is Cc1c(C#CCO)cccc1C(=O)N(C)CCN(C)C. The molecule has 4 heteroatoms. The zero-order chi connectivity index (χ0) is 15.1. The van der Waals surface area contributed by atoms with Gasteiger partial charge >= 0.3 is 0 Å². The van der Waals surface area contributed by atoms with E-state index in [-0.39, 0.29) is 12.5 Å². The summed E-state index contributed by atoms with van der Waals surface area (Å²) in [6.07, 6.45) is 0. The van der Waals surface area contributed by atoms with Crippen LogP contribution in [0.25, 0.3) is 0 Å². The summed E-state index contributed by atoms with van der Waals surface area (Å²) in [4.78, 5) is 16.2. The number of rotatable bonds is 4. The Hall–Kier alpha value is -1.83. The van der Waals surface area contributed by atoms with Crippen LogP contribution >= 0.6 is 0 Å². The first-order chi connectivity index (χ1) is 9.47. The lowest BCUT2D eigenvalue weighted by Crippen LogP contribution is -2.33. The van der Waals surface area contributed by atoms with Gasteiger partial charge in [0.05, 0.1) is 0 Å². The van der Waals surface area contributed by atoms with Crippen molar-refractivity contribution in [3.05, 3.63) is 34.9 Å². The van der Waals surface area contributed by atoms with Crippen molar-refractivity contribution in [1.82, 2.24) is 9.80 Å². The molecular formula is C16H22N2O2. The highest BCUT2D eigenvalue weighted by Crippen LogP contribution is 2.14. The molecule has 0 spiro atoms. The average Bonchev–Trinajstić information content (AvgIpc) is 2.43. The quantitative estimate of drug-likeness (QED) is 0.832. The highest BCUT2D eigenvalue weighted by atomic mass is 16.2. The van der Waals surface area contributed by atoms with Crippen LogP contribution in [0.15, 0.2) is 18.2 Å². The van der Waals surface area contributed by atoms with Crippen LogP contribution < -0.4 is 0 Å². The number of aliphatic hydroxyl groups excluding tert-OH is 1. The molecule has 0 unspecified atom stereocenters. The number of carbonyl (C=O) groups excluding carboxylic acids is 1. The normalized spacial score (nSPS) is 10.1. The van der Waals surface area contributed by atoms with Gasteiger partial charge in [0, 0.05) is 31.3 Å². The smallest absolute Gasteiger partial charge is 0.253 e. The van der Waals surface area contributed by atoms with Crippen molar-refractivity contribution < 1.29 is 9.90 Å². The minimum absolute atomic E-state index is 0.00278. The van der Waals surface area contributed by atoms with E-state index < -0.39 is 0 Å². The van der Waals surface area contributed by atoms with Gasteiger partial charge < -0.3 is 14.9 Å². The second kappa shape index (κ2) is 7.68. The van der Waals surface area contributed by atoms with Gasteiger partial charge in [-0.25, -0.2) is 0 Å². The lowest BCUT2D eigenvalue weighted by atomic mass is 10.0. The molecule has 0 atom stereocenters. The van der Waals surface area contributed by atoms with Crippen molar-refractivity contribution in [2.75, 3.05) is 40.8 Å². The van der Waals surface area contributed by atoms with Crippen LogP contribution in [-0.4, -0.2) is 61.7 Å². The molecule has 20 heavy (non-hydrogen) atoms. The molecule has 0 saturated carbocycles. The summed E-state index contributed by atoms with van der Waals surface area (Å²) in [5.41, 5.74) is 2.30. The fraction of sp³-hybridized carbons (Fsp3) is 0.438. The van der Waals surface area contributed by atoms with E-state index in [1.165, 1.54) is 0 Å². The predicted octanol–water partition coefficient (Wildman–Crippen LogP) is 0.972. The summed E-state index contributed by atoms with van der Waals surface area (Å²) >= 11 is 0. The lowest BCUT2D eigenvalue weighted by molar-refractivity contribution is 0.0785. The van der Waals surface area contributed by atoms with Crippen molar-refractivity contribution in [3.8, 4) is 11.8 Å². The van der Waals surface area contributed by atoms with Gasteiger partial charge in [0.25, 0.3) is 5.91 Å². The summed E-state index contributed by atoms with van der Waals surface area (Å²) in [5, 5.41) is 8.75. The fourth-order valence-corrected chi connectivity index (χ4v) is 1.79. The molecule has 108 valence electrons. The van der Waals surface area contributed by atoms with Gasteiger partial charge in [-0.1, -0.05) is 17.9 Å². The third-order valence-electron chi connectivity index (χ3n) is 3.10. The first kappa shape index (κ1) is 16.2. The highest BCUT2D eigenvalue weighted by Gasteiger charge is 2.15. The van der Waals surface area contributed by atoms with Crippen molar-refractivity contribution in [3.63, 3.8) is 0 Å². The molecule has 4 nitrogen and oxygen atoms in total. The number of benzene rings is 1. The first-order valence-electron chi connectivity index (χ1n) is 6.57. The second-order valence-electron chi connectivity index (χ2n) is 4.97. The zero-order valence-electron chi connectivity index (χ0n) is 12.6. The van der Waals surface area contributed by atoms with Gasteiger partial charge in [-0.05, 0) is 38.7 Å². The molecule has 0 aromatic heterocycles. The third kappa shape index (κ3) is 4.37. The fourth-order valence-electron chi connectivity index (χ4n) is 1.79. The van der Waals surface area contributed by atoms with Crippen LogP contribution in [0, 0.1) is 18.8 Å². The molecule has 0 aliphatic rings. The van der Waals surface area contributed by atoms with Crippen LogP contribution in [0.1, 0.15) is 21.5 Å². The molecule has 0 aliphatic carbocycles. The molecule has 1 amide bonds. The number of hydrogen-bond donors (Lipinski definition) is 1.